The number of para-hydroxylation sites is 2. The molecule has 4 heteroatoms. The van der Waals surface area contributed by atoms with Crippen molar-refractivity contribution in [3.05, 3.63) is 60.7 Å². The summed E-state index contributed by atoms with van der Waals surface area (Å²) in [6.07, 6.45) is 0. The average molecular weight is 281 g/mol. The van der Waals surface area contributed by atoms with Crippen LogP contribution < -0.4 is 11.0 Å². The van der Waals surface area contributed by atoms with E-state index in [0.29, 0.717) is 11.0 Å². The molecule has 0 amide bonds. The van der Waals surface area contributed by atoms with Gasteiger partial charge in [-0.3, -0.25) is 0 Å². The maximum atomic E-state index is 12.5. The Labute approximate surface area is 115 Å². The molecule has 2 aromatic heterocycles. The highest BCUT2D eigenvalue weighted by Crippen LogP contribution is 2.27. The van der Waals surface area contributed by atoms with Gasteiger partial charge in [0, 0.05) is 22.9 Å². The second-order valence-electron chi connectivity index (χ2n) is 4.54. The summed E-state index contributed by atoms with van der Waals surface area (Å²) in [5.74, 6) is 0. The molecule has 0 aliphatic rings. The summed E-state index contributed by atoms with van der Waals surface area (Å²) in [6.45, 7) is 0. The third kappa shape index (κ3) is 1.75. The number of hydrogen-bond acceptors (Lipinski definition) is 3. The molecule has 4 aromatic rings. The van der Waals surface area contributed by atoms with Gasteiger partial charge in [0.15, 0.2) is 0 Å². The van der Waals surface area contributed by atoms with E-state index in [1.165, 1.54) is 0 Å². The van der Waals surface area contributed by atoms with Gasteiger partial charge >= 0.3 is 18.8 Å². The zero-order valence-electron chi connectivity index (χ0n) is 10.4. The van der Waals surface area contributed by atoms with Crippen molar-refractivity contribution in [1.82, 2.24) is 0 Å². The molecule has 3 nitrogen and oxygen atoms in total. The number of furan rings is 2. The van der Waals surface area contributed by atoms with Crippen LogP contribution in [0.4, 0.5) is 0 Å². The van der Waals surface area contributed by atoms with Crippen LogP contribution in [-0.2, 0) is 4.57 Å². The molecule has 2 heterocycles. The fourth-order valence-electron chi connectivity index (χ4n) is 2.24. The van der Waals surface area contributed by atoms with Crippen molar-refractivity contribution in [2.24, 2.45) is 0 Å². The molecule has 0 radical (unpaired) electrons. The van der Waals surface area contributed by atoms with Crippen LogP contribution in [0.25, 0.3) is 21.9 Å². The first-order valence-electron chi connectivity index (χ1n) is 6.26. The van der Waals surface area contributed by atoms with E-state index in [2.05, 4.69) is 0 Å². The van der Waals surface area contributed by atoms with Crippen LogP contribution in [0, 0.1) is 0 Å². The van der Waals surface area contributed by atoms with Gasteiger partial charge in [0.2, 0.25) is 0 Å². The van der Waals surface area contributed by atoms with Gasteiger partial charge < -0.3 is 8.83 Å². The van der Waals surface area contributed by atoms with Crippen molar-refractivity contribution in [2.45, 2.75) is 0 Å². The van der Waals surface area contributed by atoms with Gasteiger partial charge in [-0.05, 0) is 12.1 Å². The van der Waals surface area contributed by atoms with Gasteiger partial charge in [0.1, 0.15) is 11.2 Å². The van der Waals surface area contributed by atoms with E-state index in [-0.39, 0.29) is 0 Å². The minimum absolute atomic E-state index is 0.445. The van der Waals surface area contributed by atoms with Crippen LogP contribution >= 0.6 is 7.80 Å². The molecule has 96 valence electrons. The third-order valence-electron chi connectivity index (χ3n) is 3.23. The van der Waals surface area contributed by atoms with E-state index in [9.17, 15) is 4.57 Å². The van der Waals surface area contributed by atoms with Crippen molar-refractivity contribution in [3.63, 3.8) is 0 Å². The summed E-state index contributed by atoms with van der Waals surface area (Å²) in [7, 11) is -1.85. The normalized spacial score (nSPS) is 11.2. The largest absolute Gasteiger partial charge is 0.493 e. The zero-order valence-corrected chi connectivity index (χ0v) is 11.3. The SMILES string of the molecule is O=[P+](c1cc2ccccc2o1)c1cc2ccccc2o1. The highest BCUT2D eigenvalue weighted by Gasteiger charge is 2.32. The predicted octanol–water partition coefficient (Wildman–Crippen LogP) is 3.96. The Balaban J connectivity index is 1.82. The van der Waals surface area contributed by atoms with Crippen molar-refractivity contribution < 1.29 is 13.4 Å². The quantitative estimate of drug-likeness (QED) is 0.522. The second-order valence-corrected chi connectivity index (χ2v) is 6.01. The van der Waals surface area contributed by atoms with Crippen molar-refractivity contribution in [2.75, 3.05) is 0 Å². The summed E-state index contributed by atoms with van der Waals surface area (Å²) in [5.41, 5.74) is 2.37. The molecule has 2 aromatic carbocycles. The highest BCUT2D eigenvalue weighted by molar-refractivity contribution is 7.60. The molecule has 0 aliphatic heterocycles. The molecule has 0 atom stereocenters. The molecule has 0 saturated carbocycles. The zero-order chi connectivity index (χ0) is 13.5. The Morgan fingerprint density at radius 2 is 1.15 bits per heavy atom. The Morgan fingerprint density at radius 1 is 0.700 bits per heavy atom. The summed E-state index contributed by atoms with van der Waals surface area (Å²) in [5, 5.41) is 1.89. The van der Waals surface area contributed by atoms with Gasteiger partial charge in [0.05, 0.1) is 0 Å². The van der Waals surface area contributed by atoms with E-state index in [0.717, 1.165) is 21.9 Å². The van der Waals surface area contributed by atoms with E-state index in [1.54, 1.807) is 12.1 Å². The summed E-state index contributed by atoms with van der Waals surface area (Å²) in [4.78, 5) is 0. The van der Waals surface area contributed by atoms with Gasteiger partial charge in [-0.1, -0.05) is 41.0 Å². The molecule has 4 rings (SSSR count). The lowest BCUT2D eigenvalue weighted by Gasteiger charge is -1.81. The smallest absolute Gasteiger partial charge is 0.418 e. The lowest BCUT2D eigenvalue weighted by Crippen LogP contribution is -2.01. The number of rotatable bonds is 2. The lowest BCUT2D eigenvalue weighted by molar-refractivity contribution is 0.575. The third-order valence-corrected chi connectivity index (χ3v) is 4.47. The molecule has 0 unspecified atom stereocenters. The monoisotopic (exact) mass is 281 g/mol. The number of hydrogen-bond donors (Lipinski definition) is 0. The molecular formula is C16H10O3P+. The minimum Gasteiger partial charge on any atom is -0.418 e. The average Bonchev–Trinajstić information content (AvgIpc) is 3.10. The number of benzene rings is 2. The minimum atomic E-state index is -1.85. The highest BCUT2D eigenvalue weighted by atomic mass is 31.1. The van der Waals surface area contributed by atoms with Gasteiger partial charge in [-0.25, -0.2) is 0 Å². The van der Waals surface area contributed by atoms with Crippen molar-refractivity contribution in [1.29, 1.82) is 0 Å². The standard InChI is InChI=1S/C16H10O3P/c17-20(15-9-11-5-1-3-7-13(11)18-15)16-10-12-6-2-4-8-14(12)19-16/h1-10H/q+1. The Morgan fingerprint density at radius 3 is 1.60 bits per heavy atom. The molecule has 0 spiro atoms. The first-order chi connectivity index (χ1) is 9.81. The van der Waals surface area contributed by atoms with E-state index in [4.69, 9.17) is 8.83 Å². The topological polar surface area (TPSA) is 43.4 Å². The lowest BCUT2D eigenvalue weighted by atomic mass is 10.3. The van der Waals surface area contributed by atoms with Crippen molar-refractivity contribution >= 4 is 40.7 Å². The summed E-state index contributed by atoms with van der Waals surface area (Å²) >= 11 is 0. The maximum Gasteiger partial charge on any atom is 0.493 e. The Hall–Kier alpha value is -2.38. The van der Waals surface area contributed by atoms with Gasteiger partial charge in [0.25, 0.3) is 0 Å². The maximum absolute atomic E-state index is 12.5. The fraction of sp³-hybridized carbons (Fsp3) is 0. The van der Waals surface area contributed by atoms with Gasteiger partial charge in [-0.15, -0.1) is 0 Å². The van der Waals surface area contributed by atoms with Crippen LogP contribution in [0.15, 0.2) is 69.5 Å². The number of fused-ring (bicyclic) bond motifs is 2. The Kier molecular flexibility index (Phi) is 2.48. The summed E-state index contributed by atoms with van der Waals surface area (Å²) in [6, 6.07) is 18.8. The molecule has 0 fully saturated rings. The van der Waals surface area contributed by atoms with Crippen LogP contribution in [0.5, 0.6) is 0 Å². The Bertz CT molecular complexity index is 791. The predicted molar refractivity (Wildman–Crippen MR) is 79.3 cm³/mol. The molecule has 0 bridgehead atoms. The summed E-state index contributed by atoms with van der Waals surface area (Å²) < 4.78 is 23.8. The molecular weight excluding hydrogens is 271 g/mol. The molecule has 20 heavy (non-hydrogen) atoms. The van der Waals surface area contributed by atoms with Gasteiger partial charge in [-0.2, -0.15) is 0 Å². The molecule has 0 aliphatic carbocycles. The first-order valence-corrected chi connectivity index (χ1v) is 7.52. The molecule has 0 N–H and O–H groups in total. The second kappa shape index (κ2) is 4.32. The van der Waals surface area contributed by atoms with E-state index < -0.39 is 7.80 Å². The van der Waals surface area contributed by atoms with E-state index in [1.807, 2.05) is 48.5 Å². The fourth-order valence-corrected chi connectivity index (χ4v) is 3.34. The van der Waals surface area contributed by atoms with Crippen LogP contribution in [0.3, 0.4) is 0 Å². The first kappa shape index (κ1) is 11.4. The molecule has 0 saturated heterocycles. The van der Waals surface area contributed by atoms with Crippen LogP contribution in [0.2, 0.25) is 0 Å². The van der Waals surface area contributed by atoms with Crippen molar-refractivity contribution in [3.8, 4) is 0 Å². The van der Waals surface area contributed by atoms with Crippen LogP contribution in [0.1, 0.15) is 0 Å². The van der Waals surface area contributed by atoms with Crippen LogP contribution in [-0.4, -0.2) is 0 Å². The van der Waals surface area contributed by atoms with E-state index >= 15 is 0 Å².